The number of hydrogen-bond donors (Lipinski definition) is 0. The van der Waals surface area contributed by atoms with Gasteiger partial charge < -0.3 is 0 Å². The van der Waals surface area contributed by atoms with Crippen LogP contribution in [0.4, 0.5) is 8.78 Å². The minimum absolute atomic E-state index is 0.0904. The molecule has 0 amide bonds. The minimum atomic E-state index is -2.40. The van der Waals surface area contributed by atoms with E-state index in [0.29, 0.717) is 5.92 Å². The lowest BCUT2D eigenvalue weighted by molar-refractivity contribution is -0.122. The van der Waals surface area contributed by atoms with Gasteiger partial charge >= 0.3 is 0 Å². The van der Waals surface area contributed by atoms with E-state index in [1.807, 2.05) is 7.05 Å². The highest BCUT2D eigenvalue weighted by Gasteiger charge is 2.83. The van der Waals surface area contributed by atoms with E-state index in [0.717, 1.165) is 13.0 Å². The first-order valence-corrected chi connectivity index (χ1v) is 6.53. The molecule has 17 heavy (non-hydrogen) atoms. The molecular formula is C13H17F2NO. The standard InChI is InChI=1S/C13H17F2NO/c1-5(17)12-9-7-3-6(8(9)4-16(12)2)10-11(7)13(10,14)15/h6-12H,3-4H2,1-2H3/t6-,7+,8-,9+,10-,11+,12-/m1/s1. The molecule has 4 aliphatic rings. The number of fused-ring (bicyclic) bond motifs is 8. The molecule has 3 saturated carbocycles. The molecule has 7 atom stereocenters. The third-order valence-corrected chi connectivity index (χ3v) is 5.93. The maximum atomic E-state index is 13.6. The van der Waals surface area contributed by atoms with Gasteiger partial charge in [-0.2, -0.15) is 0 Å². The van der Waals surface area contributed by atoms with Gasteiger partial charge in [-0.1, -0.05) is 0 Å². The lowest BCUT2D eigenvalue weighted by Crippen LogP contribution is -2.38. The molecule has 1 heterocycles. The van der Waals surface area contributed by atoms with Crippen LogP contribution in [0, 0.1) is 35.5 Å². The van der Waals surface area contributed by atoms with Crippen LogP contribution >= 0.6 is 0 Å². The summed E-state index contributed by atoms with van der Waals surface area (Å²) in [5.41, 5.74) is 0. The summed E-state index contributed by atoms with van der Waals surface area (Å²) in [6.07, 6.45) is 0.956. The fourth-order valence-corrected chi connectivity index (χ4v) is 5.57. The molecule has 4 fully saturated rings. The topological polar surface area (TPSA) is 20.3 Å². The molecule has 1 saturated heterocycles. The fraction of sp³-hybridized carbons (Fsp3) is 0.923. The fourth-order valence-electron chi connectivity index (χ4n) is 5.57. The second-order valence-corrected chi connectivity index (χ2v) is 6.53. The number of likely N-dealkylation sites (N-methyl/N-ethyl adjacent to an activating group) is 1. The van der Waals surface area contributed by atoms with E-state index in [2.05, 4.69) is 4.90 Å². The second-order valence-electron chi connectivity index (χ2n) is 6.53. The van der Waals surface area contributed by atoms with Crippen molar-refractivity contribution in [3.63, 3.8) is 0 Å². The summed E-state index contributed by atoms with van der Waals surface area (Å²) < 4.78 is 27.2. The van der Waals surface area contributed by atoms with Crippen LogP contribution in [-0.2, 0) is 4.79 Å². The van der Waals surface area contributed by atoms with Gasteiger partial charge in [0.05, 0.1) is 6.04 Å². The largest absolute Gasteiger partial charge is 0.298 e. The first kappa shape index (κ1) is 10.4. The molecule has 4 rings (SSSR count). The van der Waals surface area contributed by atoms with Gasteiger partial charge in [-0.3, -0.25) is 9.69 Å². The van der Waals surface area contributed by atoms with E-state index in [1.54, 1.807) is 6.92 Å². The van der Waals surface area contributed by atoms with E-state index >= 15 is 0 Å². The summed E-state index contributed by atoms with van der Waals surface area (Å²) >= 11 is 0. The van der Waals surface area contributed by atoms with Crippen molar-refractivity contribution in [2.75, 3.05) is 13.6 Å². The molecule has 2 bridgehead atoms. The van der Waals surface area contributed by atoms with Gasteiger partial charge in [0, 0.05) is 18.4 Å². The second kappa shape index (κ2) is 2.73. The van der Waals surface area contributed by atoms with E-state index in [4.69, 9.17) is 0 Å². The summed E-state index contributed by atoms with van der Waals surface area (Å²) in [7, 11) is 1.97. The first-order valence-electron chi connectivity index (χ1n) is 6.53. The number of carbonyl (C=O) groups is 1. The molecule has 2 nitrogen and oxygen atoms in total. The quantitative estimate of drug-likeness (QED) is 0.695. The molecule has 0 radical (unpaired) electrons. The molecule has 0 unspecified atom stereocenters. The van der Waals surface area contributed by atoms with Crippen LogP contribution < -0.4 is 0 Å². The molecule has 3 aliphatic carbocycles. The van der Waals surface area contributed by atoms with Crippen molar-refractivity contribution < 1.29 is 13.6 Å². The van der Waals surface area contributed by atoms with Crippen LogP contribution in [0.3, 0.4) is 0 Å². The first-order chi connectivity index (χ1) is 7.94. The average molecular weight is 241 g/mol. The van der Waals surface area contributed by atoms with Gasteiger partial charge in [-0.15, -0.1) is 0 Å². The summed E-state index contributed by atoms with van der Waals surface area (Å²) in [5.74, 6) is -2.09. The van der Waals surface area contributed by atoms with Crippen molar-refractivity contribution >= 4 is 5.78 Å². The van der Waals surface area contributed by atoms with Crippen molar-refractivity contribution in [3.05, 3.63) is 0 Å². The Hall–Kier alpha value is -0.510. The Morgan fingerprint density at radius 2 is 1.88 bits per heavy atom. The predicted octanol–water partition coefficient (Wildman–Crippen LogP) is 1.65. The van der Waals surface area contributed by atoms with Crippen molar-refractivity contribution in [3.8, 4) is 0 Å². The number of nitrogens with zero attached hydrogens (tertiary/aromatic N) is 1. The van der Waals surface area contributed by atoms with Crippen LogP contribution in [0.5, 0.6) is 0 Å². The molecule has 0 aromatic heterocycles. The number of halogens is 2. The van der Waals surface area contributed by atoms with Crippen molar-refractivity contribution in [1.82, 2.24) is 4.90 Å². The Kier molecular flexibility index (Phi) is 1.68. The van der Waals surface area contributed by atoms with Gasteiger partial charge in [0.2, 0.25) is 0 Å². The van der Waals surface area contributed by atoms with Crippen LogP contribution in [0.15, 0.2) is 0 Å². The number of hydrogen-bond acceptors (Lipinski definition) is 2. The molecule has 94 valence electrons. The average Bonchev–Trinajstić information content (AvgIpc) is 2.60. The van der Waals surface area contributed by atoms with E-state index in [-0.39, 0.29) is 41.4 Å². The van der Waals surface area contributed by atoms with Crippen LogP contribution in [0.1, 0.15) is 13.3 Å². The summed E-state index contributed by atoms with van der Waals surface area (Å²) in [6.45, 7) is 2.45. The third-order valence-electron chi connectivity index (χ3n) is 5.93. The van der Waals surface area contributed by atoms with Crippen LogP contribution in [0.25, 0.3) is 0 Å². The van der Waals surface area contributed by atoms with Gasteiger partial charge in [-0.25, -0.2) is 8.78 Å². The molecule has 1 aliphatic heterocycles. The summed E-state index contributed by atoms with van der Waals surface area (Å²) in [6, 6.07) is -0.0904. The summed E-state index contributed by atoms with van der Waals surface area (Å²) in [5, 5.41) is 0. The Morgan fingerprint density at radius 1 is 1.24 bits per heavy atom. The van der Waals surface area contributed by atoms with Crippen molar-refractivity contribution in [2.24, 2.45) is 35.5 Å². The minimum Gasteiger partial charge on any atom is -0.298 e. The van der Waals surface area contributed by atoms with Crippen molar-refractivity contribution in [1.29, 1.82) is 0 Å². The van der Waals surface area contributed by atoms with Gasteiger partial charge in [-0.05, 0) is 44.1 Å². The van der Waals surface area contributed by atoms with E-state index in [9.17, 15) is 13.6 Å². The smallest absolute Gasteiger partial charge is 0.255 e. The zero-order chi connectivity index (χ0) is 12.1. The maximum Gasteiger partial charge on any atom is 0.255 e. The van der Waals surface area contributed by atoms with Gasteiger partial charge in [0.25, 0.3) is 5.92 Å². The summed E-state index contributed by atoms with van der Waals surface area (Å²) in [4.78, 5) is 13.8. The number of Topliss-reactive ketones (excluding diaryl/α,β-unsaturated/α-hetero) is 1. The van der Waals surface area contributed by atoms with Crippen LogP contribution in [0.2, 0.25) is 0 Å². The Labute approximate surface area is 99.3 Å². The molecule has 0 N–H and O–H groups in total. The Balaban J connectivity index is 1.70. The number of likely N-dealkylation sites (tertiary alicyclic amines) is 1. The van der Waals surface area contributed by atoms with Gasteiger partial charge in [0.15, 0.2) is 0 Å². The number of ketones is 1. The highest BCUT2D eigenvalue weighted by atomic mass is 19.3. The predicted molar refractivity (Wildman–Crippen MR) is 57.6 cm³/mol. The highest BCUT2D eigenvalue weighted by Crippen LogP contribution is 2.77. The van der Waals surface area contributed by atoms with E-state index < -0.39 is 5.92 Å². The van der Waals surface area contributed by atoms with Crippen molar-refractivity contribution in [2.45, 2.75) is 25.3 Å². The number of alkyl halides is 2. The SMILES string of the molecule is CC(=O)[C@@H]1[C@@H]2[C@H](CN1C)[C@H]1C[C@@H]2[C@H]2[C@@H]1C2(F)F. The molecular weight excluding hydrogens is 224 g/mol. The molecule has 4 heteroatoms. The maximum absolute atomic E-state index is 13.6. The van der Waals surface area contributed by atoms with Crippen LogP contribution in [-0.4, -0.2) is 36.2 Å². The molecule has 0 spiro atoms. The van der Waals surface area contributed by atoms with E-state index in [1.165, 1.54) is 0 Å². The third kappa shape index (κ3) is 0.985. The Bertz CT molecular complexity index is 410. The zero-order valence-corrected chi connectivity index (χ0v) is 10.1. The zero-order valence-electron chi connectivity index (χ0n) is 10.1. The number of rotatable bonds is 1. The molecule has 0 aromatic rings. The lowest BCUT2D eigenvalue weighted by atomic mass is 9.77. The lowest BCUT2D eigenvalue weighted by Gasteiger charge is -2.27. The Morgan fingerprint density at radius 3 is 2.53 bits per heavy atom. The van der Waals surface area contributed by atoms with Gasteiger partial charge in [0.1, 0.15) is 5.78 Å². The normalized spacial score (nSPS) is 58.0. The monoisotopic (exact) mass is 241 g/mol. The highest BCUT2D eigenvalue weighted by molar-refractivity contribution is 5.82. The molecule has 0 aromatic carbocycles. The number of carbonyl (C=O) groups excluding carboxylic acids is 1.